The summed E-state index contributed by atoms with van der Waals surface area (Å²) in [6.07, 6.45) is 4.62. The van der Waals surface area contributed by atoms with Gasteiger partial charge in [0.25, 0.3) is 0 Å². The minimum Gasteiger partial charge on any atom is -0.469 e. The second-order valence-electron chi connectivity index (χ2n) is 7.49. The molecule has 5 nitrogen and oxygen atoms in total. The van der Waals surface area contributed by atoms with Gasteiger partial charge in [0.2, 0.25) is 5.91 Å². The molecule has 0 saturated carbocycles. The molecule has 6 heteroatoms. The van der Waals surface area contributed by atoms with Gasteiger partial charge in [-0.3, -0.25) is 9.48 Å². The zero-order valence-corrected chi connectivity index (χ0v) is 18.1. The number of carbonyl (C=O) groups excluding carboxylic acids is 1. The molecule has 158 valence electrons. The average Bonchev–Trinajstić information content (AvgIpc) is 3.44. The van der Waals surface area contributed by atoms with Gasteiger partial charge in [0.05, 0.1) is 18.5 Å². The topological polar surface area (TPSA) is 51.3 Å². The molecule has 2 aromatic heterocycles. The van der Waals surface area contributed by atoms with Gasteiger partial charge in [-0.15, -0.1) is 0 Å². The van der Waals surface area contributed by atoms with E-state index in [2.05, 4.69) is 0 Å². The zero-order chi connectivity index (χ0) is 21.6. The van der Waals surface area contributed by atoms with Crippen LogP contribution in [0, 0.1) is 0 Å². The maximum atomic E-state index is 12.7. The number of nitrogens with zero attached hydrogens (tertiary/aromatic N) is 3. The van der Waals surface area contributed by atoms with Crippen LogP contribution in [0.5, 0.6) is 0 Å². The Labute approximate surface area is 186 Å². The number of halogens is 1. The third kappa shape index (κ3) is 5.25. The number of aryl methyl sites for hydroxylation is 1. The van der Waals surface area contributed by atoms with Crippen molar-refractivity contribution in [3.8, 4) is 11.3 Å². The normalized spacial score (nSPS) is 10.9. The molecule has 1 amide bonds. The minimum absolute atomic E-state index is 0.0641. The molecule has 0 N–H and O–H groups in total. The predicted molar refractivity (Wildman–Crippen MR) is 122 cm³/mol. The first-order valence-corrected chi connectivity index (χ1v) is 10.6. The molecule has 0 aliphatic carbocycles. The van der Waals surface area contributed by atoms with Gasteiger partial charge in [-0.25, -0.2) is 0 Å². The molecule has 4 aromatic rings. The van der Waals surface area contributed by atoms with E-state index in [0.717, 1.165) is 28.1 Å². The van der Waals surface area contributed by atoms with Crippen molar-refractivity contribution in [3.63, 3.8) is 0 Å². The van der Waals surface area contributed by atoms with E-state index in [1.54, 1.807) is 11.2 Å². The summed E-state index contributed by atoms with van der Waals surface area (Å²) >= 11 is 6.34. The lowest BCUT2D eigenvalue weighted by Gasteiger charge is -2.17. The third-order valence-corrected chi connectivity index (χ3v) is 5.54. The average molecular weight is 434 g/mol. The molecule has 0 spiro atoms. The number of carbonyl (C=O) groups is 1. The van der Waals surface area contributed by atoms with E-state index in [9.17, 15) is 4.79 Å². The fraction of sp³-hybridized carbons (Fsp3) is 0.200. The van der Waals surface area contributed by atoms with Crippen LogP contribution in [-0.2, 0) is 24.3 Å². The summed E-state index contributed by atoms with van der Waals surface area (Å²) < 4.78 is 7.22. The van der Waals surface area contributed by atoms with Crippen molar-refractivity contribution < 1.29 is 9.21 Å². The highest BCUT2D eigenvalue weighted by atomic mass is 35.5. The Morgan fingerprint density at radius 3 is 2.55 bits per heavy atom. The molecule has 2 aromatic carbocycles. The molecule has 0 saturated heterocycles. The summed E-state index contributed by atoms with van der Waals surface area (Å²) in [7, 11) is 1.82. The molecule has 0 atom stereocenters. The fourth-order valence-electron chi connectivity index (χ4n) is 3.52. The number of rotatable bonds is 8. The van der Waals surface area contributed by atoms with Gasteiger partial charge in [-0.05, 0) is 23.8 Å². The SMILES string of the molecule is CN(Cc1cn(Cc2ccccc2Cl)nc1-c1ccccc1)C(=O)CCc1ccco1. The van der Waals surface area contributed by atoms with E-state index in [-0.39, 0.29) is 5.91 Å². The van der Waals surface area contributed by atoms with Crippen LogP contribution in [0.25, 0.3) is 11.3 Å². The van der Waals surface area contributed by atoms with Crippen LogP contribution in [0.15, 0.2) is 83.6 Å². The van der Waals surface area contributed by atoms with Crippen molar-refractivity contribution in [2.45, 2.75) is 25.9 Å². The summed E-state index contributed by atoms with van der Waals surface area (Å²) in [4.78, 5) is 14.4. The molecule has 0 aliphatic heterocycles. The van der Waals surface area contributed by atoms with Crippen LogP contribution in [0.1, 0.15) is 23.3 Å². The first kappa shape index (κ1) is 20.9. The van der Waals surface area contributed by atoms with E-state index in [1.807, 2.05) is 84.7 Å². The number of amides is 1. The fourth-order valence-corrected chi connectivity index (χ4v) is 3.71. The number of aromatic nitrogens is 2. The molecule has 0 radical (unpaired) electrons. The summed E-state index contributed by atoms with van der Waals surface area (Å²) in [6, 6.07) is 21.5. The number of hydrogen-bond acceptors (Lipinski definition) is 3. The lowest BCUT2D eigenvalue weighted by atomic mass is 10.1. The molecule has 0 unspecified atom stereocenters. The van der Waals surface area contributed by atoms with Gasteiger partial charge in [0.15, 0.2) is 0 Å². The Balaban J connectivity index is 1.54. The molecule has 4 rings (SSSR count). The van der Waals surface area contributed by atoms with E-state index in [4.69, 9.17) is 21.1 Å². The maximum absolute atomic E-state index is 12.7. The van der Waals surface area contributed by atoms with Crippen molar-refractivity contribution >= 4 is 17.5 Å². The van der Waals surface area contributed by atoms with Gasteiger partial charge in [0.1, 0.15) is 5.76 Å². The Hall–Kier alpha value is -3.31. The summed E-state index contributed by atoms with van der Waals surface area (Å²) in [5, 5.41) is 5.53. The standard InChI is InChI=1S/C25H24ClN3O2/c1-28(24(30)14-13-22-11-7-15-31-22)16-21-18-29(17-20-10-5-6-12-23(20)26)27-25(21)19-8-3-2-4-9-19/h2-12,15,18H,13-14,16-17H2,1H3. The van der Waals surface area contributed by atoms with Crippen LogP contribution < -0.4 is 0 Å². The van der Waals surface area contributed by atoms with E-state index in [0.29, 0.717) is 31.0 Å². The highest BCUT2D eigenvalue weighted by Crippen LogP contribution is 2.25. The lowest BCUT2D eigenvalue weighted by molar-refractivity contribution is -0.130. The molecular weight excluding hydrogens is 410 g/mol. The lowest BCUT2D eigenvalue weighted by Crippen LogP contribution is -2.26. The van der Waals surface area contributed by atoms with Crippen molar-refractivity contribution in [1.82, 2.24) is 14.7 Å². The summed E-state index contributed by atoms with van der Waals surface area (Å²) in [6.45, 7) is 1.04. The number of benzene rings is 2. The maximum Gasteiger partial charge on any atom is 0.223 e. The molecule has 0 fully saturated rings. The smallest absolute Gasteiger partial charge is 0.223 e. The zero-order valence-electron chi connectivity index (χ0n) is 17.4. The third-order valence-electron chi connectivity index (χ3n) is 5.17. The molecule has 31 heavy (non-hydrogen) atoms. The molecular formula is C25H24ClN3O2. The second kappa shape index (κ2) is 9.67. The Kier molecular flexibility index (Phi) is 6.53. The van der Waals surface area contributed by atoms with Gasteiger partial charge < -0.3 is 9.32 Å². The number of furan rings is 1. The largest absolute Gasteiger partial charge is 0.469 e. The van der Waals surface area contributed by atoms with Gasteiger partial charge in [-0.1, -0.05) is 60.1 Å². The summed E-state index contributed by atoms with van der Waals surface area (Å²) in [5.41, 5.74) is 3.89. The van der Waals surface area contributed by atoms with Crippen LogP contribution in [0.4, 0.5) is 0 Å². The van der Waals surface area contributed by atoms with Crippen molar-refractivity contribution in [2.24, 2.45) is 0 Å². The first-order valence-electron chi connectivity index (χ1n) is 10.2. The first-order chi connectivity index (χ1) is 15.1. The molecule has 0 bridgehead atoms. The van der Waals surface area contributed by atoms with Crippen molar-refractivity contribution in [2.75, 3.05) is 7.05 Å². The number of hydrogen-bond donors (Lipinski definition) is 0. The molecule has 2 heterocycles. The monoisotopic (exact) mass is 433 g/mol. The van der Waals surface area contributed by atoms with Gasteiger partial charge in [0, 0.05) is 48.8 Å². The quantitative estimate of drug-likeness (QED) is 0.372. The van der Waals surface area contributed by atoms with Gasteiger partial charge >= 0.3 is 0 Å². The van der Waals surface area contributed by atoms with Crippen molar-refractivity contribution in [3.05, 3.63) is 101 Å². The van der Waals surface area contributed by atoms with E-state index in [1.165, 1.54) is 0 Å². The van der Waals surface area contributed by atoms with Crippen LogP contribution >= 0.6 is 11.6 Å². The Morgan fingerprint density at radius 2 is 1.81 bits per heavy atom. The van der Waals surface area contributed by atoms with E-state index >= 15 is 0 Å². The minimum atomic E-state index is 0.0641. The Morgan fingerprint density at radius 1 is 1.03 bits per heavy atom. The Bertz CT molecular complexity index is 1140. The van der Waals surface area contributed by atoms with Crippen molar-refractivity contribution in [1.29, 1.82) is 0 Å². The van der Waals surface area contributed by atoms with Gasteiger partial charge in [-0.2, -0.15) is 5.10 Å². The van der Waals surface area contributed by atoms with E-state index < -0.39 is 0 Å². The summed E-state index contributed by atoms with van der Waals surface area (Å²) in [5.74, 6) is 0.883. The molecule has 0 aliphatic rings. The van der Waals surface area contributed by atoms with Crippen LogP contribution in [-0.4, -0.2) is 27.6 Å². The highest BCUT2D eigenvalue weighted by molar-refractivity contribution is 6.31. The van der Waals surface area contributed by atoms with Crippen LogP contribution in [0.2, 0.25) is 5.02 Å². The predicted octanol–water partition coefficient (Wildman–Crippen LogP) is 5.44. The second-order valence-corrected chi connectivity index (χ2v) is 7.89. The van der Waals surface area contributed by atoms with Crippen LogP contribution in [0.3, 0.4) is 0 Å². The highest BCUT2D eigenvalue weighted by Gasteiger charge is 2.17.